The molecule has 0 radical (unpaired) electrons. The number of nitrogens with two attached hydrogens (primary N) is 1. The van der Waals surface area contributed by atoms with Gasteiger partial charge >= 0.3 is 0 Å². The van der Waals surface area contributed by atoms with Gasteiger partial charge in [0, 0.05) is 5.56 Å². The van der Waals surface area contributed by atoms with Gasteiger partial charge in [0.1, 0.15) is 17.8 Å². The number of carbonyl (C=O) groups is 2. The molecule has 0 bridgehead atoms. The van der Waals surface area contributed by atoms with Crippen LogP contribution in [0.4, 0.5) is 0 Å². The highest BCUT2D eigenvalue weighted by Crippen LogP contribution is 2.12. The van der Waals surface area contributed by atoms with Gasteiger partial charge in [-0.2, -0.15) is 0 Å². The van der Waals surface area contributed by atoms with Crippen LogP contribution in [0.1, 0.15) is 23.7 Å². The topological polar surface area (TPSA) is 103 Å². The van der Waals surface area contributed by atoms with Crippen molar-refractivity contribution in [2.45, 2.75) is 25.5 Å². The van der Waals surface area contributed by atoms with Crippen molar-refractivity contribution in [3.8, 4) is 5.75 Å². The second-order valence-electron chi connectivity index (χ2n) is 4.51. The summed E-state index contributed by atoms with van der Waals surface area (Å²) in [5.74, 6) is -0.761. The van der Waals surface area contributed by atoms with E-state index in [1.807, 2.05) is 0 Å². The van der Waals surface area contributed by atoms with Crippen LogP contribution in [0.2, 0.25) is 0 Å². The number of carboxylic acids is 1. The van der Waals surface area contributed by atoms with Crippen molar-refractivity contribution >= 4 is 11.8 Å². The van der Waals surface area contributed by atoms with Crippen molar-refractivity contribution in [2.75, 3.05) is 13.7 Å². The van der Waals surface area contributed by atoms with E-state index in [2.05, 4.69) is 0 Å². The summed E-state index contributed by atoms with van der Waals surface area (Å²) in [7, 11) is 1.54. The highest BCUT2D eigenvalue weighted by atomic mass is 16.5. The highest BCUT2D eigenvalue weighted by Gasteiger charge is 2.19. The number of aliphatic hydroxyl groups excluding tert-OH is 1. The Morgan fingerprint density at radius 1 is 1.35 bits per heavy atom. The second-order valence-corrected chi connectivity index (χ2v) is 4.51. The summed E-state index contributed by atoms with van der Waals surface area (Å²) in [6.07, 6.45) is -0.848. The monoisotopic (exact) mass is 281 g/mol. The molecular formula is C14H19NO5. The van der Waals surface area contributed by atoms with Crippen LogP contribution < -0.4 is 15.2 Å². The average Bonchev–Trinajstić information content (AvgIpc) is 2.42. The lowest BCUT2D eigenvalue weighted by atomic mass is 10.1. The Hall–Kier alpha value is -1.92. The Morgan fingerprint density at radius 3 is 2.40 bits per heavy atom. The number of carbonyl (C=O) groups excluding carboxylic acids is 2. The molecule has 0 spiro atoms. The van der Waals surface area contributed by atoms with E-state index in [0.717, 1.165) is 0 Å². The number of rotatable bonds is 8. The van der Waals surface area contributed by atoms with E-state index in [-0.39, 0.29) is 18.7 Å². The summed E-state index contributed by atoms with van der Waals surface area (Å²) >= 11 is 0. The lowest BCUT2D eigenvalue weighted by molar-refractivity contribution is -0.688. The van der Waals surface area contributed by atoms with Gasteiger partial charge in [0.15, 0.2) is 11.8 Å². The van der Waals surface area contributed by atoms with Crippen molar-refractivity contribution in [1.29, 1.82) is 0 Å². The first-order valence-electron chi connectivity index (χ1n) is 6.35. The van der Waals surface area contributed by atoms with Gasteiger partial charge in [0.2, 0.25) is 0 Å². The zero-order chi connectivity index (χ0) is 15.1. The SMILES string of the molecule is COc1ccc(C(=O)CC[NH2+][C@@H](C(=O)[O-])[C@H](C)O)cc1. The predicted molar refractivity (Wildman–Crippen MR) is 69.2 cm³/mol. The number of aliphatic hydroxyl groups is 1. The van der Waals surface area contributed by atoms with Gasteiger partial charge in [-0.15, -0.1) is 0 Å². The number of methoxy groups -OCH3 is 1. The van der Waals surface area contributed by atoms with E-state index >= 15 is 0 Å². The smallest absolute Gasteiger partial charge is 0.168 e. The Balaban J connectivity index is 2.48. The molecule has 0 amide bonds. The maximum atomic E-state index is 11.9. The number of Topliss-reactive ketones (excluding diaryl/α,β-unsaturated/α-hetero) is 1. The molecule has 110 valence electrons. The molecule has 1 aromatic rings. The Labute approximate surface area is 117 Å². The van der Waals surface area contributed by atoms with E-state index in [0.29, 0.717) is 11.3 Å². The molecule has 2 atom stereocenters. The molecule has 0 saturated carbocycles. The van der Waals surface area contributed by atoms with Gasteiger partial charge in [-0.3, -0.25) is 4.79 Å². The van der Waals surface area contributed by atoms with Crippen molar-refractivity contribution in [3.63, 3.8) is 0 Å². The molecule has 0 fully saturated rings. The fourth-order valence-electron chi connectivity index (χ4n) is 1.81. The van der Waals surface area contributed by atoms with Gasteiger partial charge in [-0.05, 0) is 31.2 Å². The molecule has 1 aromatic carbocycles. The molecule has 6 nitrogen and oxygen atoms in total. The molecule has 20 heavy (non-hydrogen) atoms. The Kier molecular flexibility index (Phi) is 6.14. The van der Waals surface area contributed by atoms with E-state index < -0.39 is 18.1 Å². The standard InChI is InChI=1S/C14H19NO5/c1-9(16)13(14(18)19)15-8-7-12(17)10-3-5-11(20-2)6-4-10/h3-6,9,13,15-16H,7-8H2,1-2H3,(H,18,19)/t9-,13+/m0/s1. The van der Waals surface area contributed by atoms with Crippen LogP contribution in [0, 0.1) is 0 Å². The molecule has 0 unspecified atom stereocenters. The first kappa shape index (κ1) is 16.1. The molecule has 0 aromatic heterocycles. The highest BCUT2D eigenvalue weighted by molar-refractivity contribution is 5.96. The maximum Gasteiger partial charge on any atom is 0.168 e. The van der Waals surface area contributed by atoms with Gasteiger partial charge in [0.05, 0.1) is 20.1 Å². The maximum absolute atomic E-state index is 11.9. The number of aliphatic carboxylic acids is 1. The van der Waals surface area contributed by atoms with Crippen molar-refractivity contribution in [3.05, 3.63) is 29.8 Å². The van der Waals surface area contributed by atoms with Crippen molar-refractivity contribution in [2.24, 2.45) is 0 Å². The molecule has 6 heteroatoms. The molecule has 0 saturated heterocycles. The molecule has 1 rings (SSSR count). The molecule has 0 heterocycles. The summed E-state index contributed by atoms with van der Waals surface area (Å²) < 4.78 is 5.00. The van der Waals surface area contributed by atoms with Crippen LogP contribution >= 0.6 is 0 Å². The number of ether oxygens (including phenoxy) is 1. The van der Waals surface area contributed by atoms with Crippen LogP contribution in [0.25, 0.3) is 0 Å². The number of hydrogen-bond donors (Lipinski definition) is 2. The van der Waals surface area contributed by atoms with Gasteiger partial charge in [-0.25, -0.2) is 0 Å². The molecule has 0 aliphatic carbocycles. The first-order chi connectivity index (χ1) is 9.45. The van der Waals surface area contributed by atoms with Crippen molar-refractivity contribution < 1.29 is 29.9 Å². The lowest BCUT2D eigenvalue weighted by Gasteiger charge is -2.18. The van der Waals surface area contributed by atoms with Crippen LogP contribution in [-0.4, -0.2) is 42.7 Å². The van der Waals surface area contributed by atoms with Crippen LogP contribution in [0.15, 0.2) is 24.3 Å². The lowest BCUT2D eigenvalue weighted by Crippen LogP contribution is -2.95. The quantitative estimate of drug-likeness (QED) is 0.555. The fourth-order valence-corrected chi connectivity index (χ4v) is 1.81. The Morgan fingerprint density at radius 2 is 1.95 bits per heavy atom. The average molecular weight is 281 g/mol. The molecule has 3 N–H and O–H groups in total. The van der Waals surface area contributed by atoms with Gasteiger partial charge in [-0.1, -0.05) is 0 Å². The van der Waals surface area contributed by atoms with E-state index in [1.54, 1.807) is 31.4 Å². The molecule has 0 aliphatic heterocycles. The van der Waals surface area contributed by atoms with Crippen LogP contribution in [0.3, 0.4) is 0 Å². The third kappa shape index (κ3) is 4.64. The summed E-state index contributed by atoms with van der Waals surface area (Å²) in [5, 5.41) is 21.4. The first-order valence-corrected chi connectivity index (χ1v) is 6.35. The minimum atomic E-state index is -1.34. The third-order valence-corrected chi connectivity index (χ3v) is 3.00. The number of hydrogen-bond acceptors (Lipinski definition) is 5. The number of quaternary nitrogens is 1. The zero-order valence-electron chi connectivity index (χ0n) is 11.5. The summed E-state index contributed by atoms with van der Waals surface area (Å²) in [4.78, 5) is 22.6. The Bertz CT molecular complexity index is 455. The molecule has 0 aliphatic rings. The van der Waals surface area contributed by atoms with E-state index in [1.165, 1.54) is 12.2 Å². The minimum Gasteiger partial charge on any atom is -0.544 e. The summed E-state index contributed by atoms with van der Waals surface area (Å²) in [6, 6.07) is 5.64. The van der Waals surface area contributed by atoms with E-state index in [4.69, 9.17) is 4.74 Å². The number of ketones is 1. The largest absolute Gasteiger partial charge is 0.544 e. The van der Waals surface area contributed by atoms with Crippen LogP contribution in [-0.2, 0) is 4.79 Å². The van der Waals surface area contributed by atoms with Crippen molar-refractivity contribution in [1.82, 2.24) is 0 Å². The van der Waals surface area contributed by atoms with E-state index in [9.17, 15) is 19.8 Å². The molecular weight excluding hydrogens is 262 g/mol. The van der Waals surface area contributed by atoms with Crippen LogP contribution in [0.5, 0.6) is 5.75 Å². The van der Waals surface area contributed by atoms with Gasteiger partial charge < -0.3 is 25.1 Å². The second kappa shape index (κ2) is 7.62. The summed E-state index contributed by atoms with van der Waals surface area (Å²) in [5.41, 5.74) is 0.543. The minimum absolute atomic E-state index is 0.0911. The van der Waals surface area contributed by atoms with Gasteiger partial charge in [0.25, 0.3) is 0 Å². The fraction of sp³-hybridized carbons (Fsp3) is 0.429. The third-order valence-electron chi connectivity index (χ3n) is 3.00. The zero-order valence-corrected chi connectivity index (χ0v) is 11.5. The summed E-state index contributed by atoms with van der Waals surface area (Å²) in [6.45, 7) is 1.65. The number of carboxylic acid groups (broad SMARTS) is 1. The predicted octanol–water partition coefficient (Wildman–Crippen LogP) is -1.67. The normalized spacial score (nSPS) is 13.6. The number of benzene rings is 1.